The summed E-state index contributed by atoms with van der Waals surface area (Å²) >= 11 is 1.43. The third kappa shape index (κ3) is 3.17. The van der Waals surface area contributed by atoms with E-state index in [0.29, 0.717) is 29.8 Å². The molecule has 1 saturated carbocycles. The van der Waals surface area contributed by atoms with E-state index in [-0.39, 0.29) is 11.5 Å². The lowest BCUT2D eigenvalue weighted by molar-refractivity contribution is 0.109. The molecular formula is C14H18N4O3S2. The highest BCUT2D eigenvalue weighted by Gasteiger charge is 2.26. The number of sulfone groups is 1. The lowest BCUT2D eigenvalue weighted by Gasteiger charge is -2.21. The Morgan fingerprint density at radius 1 is 1.26 bits per heavy atom. The van der Waals surface area contributed by atoms with Crippen molar-refractivity contribution in [2.75, 3.05) is 6.61 Å². The minimum atomic E-state index is -3.32. The third-order valence-electron chi connectivity index (χ3n) is 4.42. The van der Waals surface area contributed by atoms with E-state index in [1.54, 1.807) is 0 Å². The van der Waals surface area contributed by atoms with Crippen LogP contribution in [0, 0.1) is 0 Å². The maximum absolute atomic E-state index is 12.5. The largest absolute Gasteiger partial charge is 0.376 e. The Labute approximate surface area is 138 Å². The molecule has 1 aliphatic carbocycles. The zero-order chi connectivity index (χ0) is 15.9. The smallest absolute Gasteiger partial charge is 0.162 e. The molecule has 9 heteroatoms. The molecule has 2 aromatic rings. The molecular weight excluding hydrogens is 336 g/mol. The summed E-state index contributed by atoms with van der Waals surface area (Å²) in [5.74, 6) is 0.333. The lowest BCUT2D eigenvalue weighted by atomic mass is 9.86. The van der Waals surface area contributed by atoms with Crippen molar-refractivity contribution >= 4 is 21.2 Å². The molecule has 2 aromatic heterocycles. The predicted molar refractivity (Wildman–Crippen MR) is 84.8 cm³/mol. The molecule has 0 atom stereocenters. The zero-order valence-electron chi connectivity index (χ0n) is 12.6. The van der Waals surface area contributed by atoms with Crippen LogP contribution in [0.4, 0.5) is 0 Å². The van der Waals surface area contributed by atoms with Gasteiger partial charge in [-0.25, -0.2) is 8.42 Å². The van der Waals surface area contributed by atoms with Gasteiger partial charge in [0.05, 0.1) is 24.7 Å². The molecule has 124 valence electrons. The minimum absolute atomic E-state index is 0.0696. The van der Waals surface area contributed by atoms with Crippen molar-refractivity contribution in [1.82, 2.24) is 20.4 Å². The van der Waals surface area contributed by atoms with Gasteiger partial charge >= 0.3 is 0 Å². The first-order valence-corrected chi connectivity index (χ1v) is 10.4. The Morgan fingerprint density at radius 3 is 2.91 bits per heavy atom. The molecule has 1 N–H and O–H groups in total. The summed E-state index contributed by atoms with van der Waals surface area (Å²) in [6, 6.07) is 0. The maximum atomic E-state index is 12.5. The predicted octanol–water partition coefficient (Wildman–Crippen LogP) is 1.72. The normalized spacial score (nSPS) is 18.6. The van der Waals surface area contributed by atoms with Crippen LogP contribution in [-0.2, 0) is 39.1 Å². The van der Waals surface area contributed by atoms with Crippen molar-refractivity contribution in [3.63, 3.8) is 0 Å². The van der Waals surface area contributed by atoms with Crippen LogP contribution in [0.2, 0.25) is 0 Å². The Bertz CT molecular complexity index is 808. The molecule has 3 heterocycles. The quantitative estimate of drug-likeness (QED) is 0.878. The minimum Gasteiger partial charge on any atom is -0.376 e. The summed E-state index contributed by atoms with van der Waals surface area (Å²) in [5.41, 5.74) is 2.46. The molecule has 23 heavy (non-hydrogen) atoms. The van der Waals surface area contributed by atoms with Gasteiger partial charge in [-0.3, -0.25) is 5.10 Å². The van der Waals surface area contributed by atoms with Gasteiger partial charge in [0.15, 0.2) is 9.84 Å². The molecule has 0 amide bonds. The summed E-state index contributed by atoms with van der Waals surface area (Å²) < 4.78 is 30.3. The summed E-state index contributed by atoms with van der Waals surface area (Å²) in [5, 5.41) is 16.9. The zero-order valence-corrected chi connectivity index (χ0v) is 14.3. The highest BCUT2D eigenvalue weighted by atomic mass is 32.2. The highest BCUT2D eigenvalue weighted by molar-refractivity contribution is 7.89. The second-order valence-corrected chi connectivity index (χ2v) is 9.28. The lowest BCUT2D eigenvalue weighted by Crippen LogP contribution is -2.13. The van der Waals surface area contributed by atoms with Crippen LogP contribution >= 0.6 is 11.3 Å². The van der Waals surface area contributed by atoms with Crippen LogP contribution in [0.25, 0.3) is 0 Å². The highest BCUT2D eigenvalue weighted by Crippen LogP contribution is 2.37. The number of H-pyrrole nitrogens is 1. The second-order valence-electron chi connectivity index (χ2n) is 6.12. The van der Waals surface area contributed by atoms with E-state index in [1.807, 2.05) is 0 Å². The molecule has 0 radical (unpaired) electrons. The van der Waals surface area contributed by atoms with Gasteiger partial charge in [0, 0.05) is 23.6 Å². The van der Waals surface area contributed by atoms with Crippen LogP contribution in [-0.4, -0.2) is 35.4 Å². The Kier molecular flexibility index (Phi) is 3.94. The number of ether oxygens (including phenoxy) is 1. The van der Waals surface area contributed by atoms with Gasteiger partial charge in [0.2, 0.25) is 0 Å². The maximum Gasteiger partial charge on any atom is 0.162 e. The van der Waals surface area contributed by atoms with Crippen molar-refractivity contribution in [3.05, 3.63) is 27.0 Å². The summed E-state index contributed by atoms with van der Waals surface area (Å²) in [6.07, 6.45) is 4.26. The van der Waals surface area contributed by atoms with Gasteiger partial charge in [-0.05, 0) is 12.8 Å². The first-order chi connectivity index (χ1) is 11.1. The van der Waals surface area contributed by atoms with Crippen LogP contribution in [0.3, 0.4) is 0 Å². The Hall–Kier alpha value is -1.32. The van der Waals surface area contributed by atoms with Crippen molar-refractivity contribution in [1.29, 1.82) is 0 Å². The number of aromatic nitrogens is 4. The van der Waals surface area contributed by atoms with Gasteiger partial charge in [-0.2, -0.15) is 5.10 Å². The summed E-state index contributed by atoms with van der Waals surface area (Å²) in [6.45, 7) is 1.08. The third-order valence-corrected chi connectivity index (χ3v) is 7.11. The van der Waals surface area contributed by atoms with Crippen molar-refractivity contribution in [3.8, 4) is 0 Å². The number of fused-ring (bicyclic) bond motifs is 1. The van der Waals surface area contributed by atoms with Gasteiger partial charge in [0.25, 0.3) is 0 Å². The molecule has 0 unspecified atom stereocenters. The topological polar surface area (TPSA) is 97.8 Å². The van der Waals surface area contributed by atoms with E-state index in [9.17, 15) is 8.42 Å². The fourth-order valence-electron chi connectivity index (χ4n) is 2.88. The van der Waals surface area contributed by atoms with Gasteiger partial charge in [-0.1, -0.05) is 6.42 Å². The first kappa shape index (κ1) is 15.2. The molecule has 4 rings (SSSR count). The molecule has 0 saturated heterocycles. The molecule has 0 aromatic carbocycles. The standard InChI is InChI=1S/C14H18N4O3S2/c19-23(20,7-12-10-6-21-5-4-11(10)15-16-12)8-13-17-18-14(22-13)9-2-1-3-9/h9H,1-8H2,(H,15,16). The summed E-state index contributed by atoms with van der Waals surface area (Å²) in [7, 11) is -3.32. The molecule has 2 aliphatic rings. The van der Waals surface area contributed by atoms with Crippen LogP contribution in [0.5, 0.6) is 0 Å². The Balaban J connectivity index is 1.47. The molecule has 1 fully saturated rings. The SMILES string of the molecule is O=S(=O)(Cc1nnc(C2CCC2)s1)Cc1n[nH]c2c1COCC2. The van der Waals surface area contributed by atoms with Gasteiger partial charge < -0.3 is 4.74 Å². The van der Waals surface area contributed by atoms with Crippen molar-refractivity contribution < 1.29 is 13.2 Å². The Morgan fingerprint density at radius 2 is 2.13 bits per heavy atom. The van der Waals surface area contributed by atoms with E-state index in [0.717, 1.165) is 35.5 Å². The van der Waals surface area contributed by atoms with E-state index >= 15 is 0 Å². The van der Waals surface area contributed by atoms with Gasteiger partial charge in [-0.15, -0.1) is 21.5 Å². The van der Waals surface area contributed by atoms with Crippen LogP contribution in [0.1, 0.15) is 52.1 Å². The van der Waals surface area contributed by atoms with Crippen molar-refractivity contribution in [2.45, 2.75) is 49.7 Å². The number of hydrogen-bond donors (Lipinski definition) is 1. The van der Waals surface area contributed by atoms with Gasteiger partial charge in [0.1, 0.15) is 15.8 Å². The average Bonchev–Trinajstić information content (AvgIpc) is 3.04. The monoisotopic (exact) mass is 354 g/mol. The average molecular weight is 354 g/mol. The van der Waals surface area contributed by atoms with Crippen molar-refractivity contribution in [2.24, 2.45) is 0 Å². The fraction of sp³-hybridized carbons (Fsp3) is 0.643. The summed E-state index contributed by atoms with van der Waals surface area (Å²) in [4.78, 5) is 0. The van der Waals surface area contributed by atoms with Crippen LogP contribution < -0.4 is 0 Å². The fourth-order valence-corrected chi connectivity index (χ4v) is 5.65. The molecule has 0 spiro atoms. The molecule has 1 aliphatic heterocycles. The van der Waals surface area contributed by atoms with E-state index in [1.165, 1.54) is 17.8 Å². The first-order valence-electron chi connectivity index (χ1n) is 7.76. The molecule has 0 bridgehead atoms. The number of aromatic amines is 1. The number of nitrogens with zero attached hydrogens (tertiary/aromatic N) is 3. The number of hydrogen-bond acceptors (Lipinski definition) is 7. The van der Waals surface area contributed by atoms with E-state index in [2.05, 4.69) is 20.4 Å². The van der Waals surface area contributed by atoms with Crippen LogP contribution in [0.15, 0.2) is 0 Å². The number of nitrogens with one attached hydrogen (secondary N) is 1. The molecule has 7 nitrogen and oxygen atoms in total. The van der Waals surface area contributed by atoms with E-state index < -0.39 is 9.84 Å². The second kappa shape index (κ2) is 5.95. The number of rotatable bonds is 5. The van der Waals surface area contributed by atoms with E-state index in [4.69, 9.17) is 4.74 Å².